The summed E-state index contributed by atoms with van der Waals surface area (Å²) in [7, 11) is 0. The third-order valence-electron chi connectivity index (χ3n) is 3.22. The summed E-state index contributed by atoms with van der Waals surface area (Å²) in [6.45, 7) is 7.15. The summed E-state index contributed by atoms with van der Waals surface area (Å²) in [6, 6.07) is 1.83. The number of carbonyl (C=O) groups excluding carboxylic acids is 4. The maximum absolute atomic E-state index is 12.2. The van der Waals surface area contributed by atoms with Gasteiger partial charge < -0.3 is 15.4 Å². The fourth-order valence-corrected chi connectivity index (χ4v) is 2.47. The average Bonchev–Trinajstić information content (AvgIpc) is 3.09. The number of hydrogen-bond donors (Lipinski definition) is 3. The van der Waals surface area contributed by atoms with Crippen LogP contribution in [0.4, 0.5) is 4.79 Å². The van der Waals surface area contributed by atoms with Crippen LogP contribution >= 0.6 is 11.3 Å². The molecular weight excluding hydrogens is 358 g/mol. The van der Waals surface area contributed by atoms with Crippen molar-refractivity contribution in [3.8, 4) is 0 Å². The van der Waals surface area contributed by atoms with E-state index in [1.165, 1.54) is 11.3 Å². The summed E-state index contributed by atoms with van der Waals surface area (Å²) < 4.78 is 4.93. The smallest absolute Gasteiger partial charge is 0.329 e. The molecule has 0 fully saturated rings. The quantitative estimate of drug-likeness (QED) is 0.589. The first kappa shape index (κ1) is 21.6. The number of amides is 4. The van der Waals surface area contributed by atoms with Crippen molar-refractivity contribution in [1.82, 2.24) is 16.0 Å². The molecule has 0 spiro atoms. The molecule has 0 aromatic carbocycles. The molecule has 0 saturated carbocycles. The number of esters is 1. The summed E-state index contributed by atoms with van der Waals surface area (Å²) in [5.74, 6) is -1.85. The molecule has 144 valence electrons. The average molecular weight is 383 g/mol. The summed E-state index contributed by atoms with van der Waals surface area (Å²) in [4.78, 5) is 47.9. The highest BCUT2D eigenvalue weighted by Crippen LogP contribution is 2.11. The highest BCUT2D eigenvalue weighted by molar-refractivity contribution is 7.12. The summed E-state index contributed by atoms with van der Waals surface area (Å²) in [5.41, 5.74) is 0. The number of imide groups is 1. The van der Waals surface area contributed by atoms with E-state index in [0.29, 0.717) is 11.4 Å². The molecule has 0 radical (unpaired) electrons. The highest BCUT2D eigenvalue weighted by Gasteiger charge is 2.27. The van der Waals surface area contributed by atoms with Gasteiger partial charge in [0.15, 0.2) is 6.61 Å². The summed E-state index contributed by atoms with van der Waals surface area (Å²) in [6.07, 6.45) is 0. The Bertz CT molecular complexity index is 628. The van der Waals surface area contributed by atoms with E-state index in [0.717, 1.165) is 0 Å². The van der Waals surface area contributed by atoms with Crippen LogP contribution in [0.5, 0.6) is 0 Å². The minimum Gasteiger partial charge on any atom is -0.454 e. The van der Waals surface area contributed by atoms with Crippen molar-refractivity contribution < 1.29 is 23.9 Å². The van der Waals surface area contributed by atoms with Crippen LogP contribution in [0.1, 0.15) is 37.4 Å². The van der Waals surface area contributed by atoms with Gasteiger partial charge in [0.1, 0.15) is 6.04 Å². The molecule has 0 aliphatic rings. The Hall–Kier alpha value is -2.42. The lowest BCUT2D eigenvalue weighted by molar-refractivity contribution is -0.151. The predicted octanol–water partition coefficient (Wildman–Crippen LogP) is 1.53. The van der Waals surface area contributed by atoms with Crippen molar-refractivity contribution in [1.29, 1.82) is 0 Å². The monoisotopic (exact) mass is 383 g/mol. The standard InChI is InChI=1S/C17H25N3O5S/c1-10(2)8-18-17(24)19-13(21)9-25-16(23)14(11(3)4)20-15(22)12-6-5-7-26-12/h5-7,10-11,14H,8-9H2,1-4H3,(H,20,22)(H2,18,19,21,24)/t14-/m1/s1. The van der Waals surface area contributed by atoms with E-state index in [1.54, 1.807) is 31.4 Å². The zero-order valence-electron chi connectivity index (χ0n) is 15.3. The van der Waals surface area contributed by atoms with Gasteiger partial charge in [-0.15, -0.1) is 11.3 Å². The van der Waals surface area contributed by atoms with Gasteiger partial charge in [0, 0.05) is 6.54 Å². The molecule has 1 rings (SSSR count). The van der Waals surface area contributed by atoms with Crippen LogP contribution in [0, 0.1) is 11.8 Å². The topological polar surface area (TPSA) is 114 Å². The van der Waals surface area contributed by atoms with E-state index < -0.39 is 30.6 Å². The third kappa shape index (κ3) is 7.64. The molecule has 1 atom stereocenters. The zero-order valence-corrected chi connectivity index (χ0v) is 16.1. The molecule has 26 heavy (non-hydrogen) atoms. The number of urea groups is 1. The number of carbonyl (C=O) groups is 4. The molecule has 0 bridgehead atoms. The van der Waals surface area contributed by atoms with Crippen LogP contribution < -0.4 is 16.0 Å². The molecule has 0 aliphatic carbocycles. The molecule has 0 aliphatic heterocycles. The first-order valence-corrected chi connectivity index (χ1v) is 9.17. The second-order valence-corrected chi connectivity index (χ2v) is 7.38. The lowest BCUT2D eigenvalue weighted by Crippen LogP contribution is -2.47. The Labute approximate surface area is 156 Å². The van der Waals surface area contributed by atoms with Crippen molar-refractivity contribution in [2.75, 3.05) is 13.2 Å². The van der Waals surface area contributed by atoms with E-state index in [4.69, 9.17) is 4.74 Å². The molecular formula is C17H25N3O5S. The molecule has 1 aromatic heterocycles. The van der Waals surface area contributed by atoms with Gasteiger partial charge in [-0.1, -0.05) is 33.8 Å². The molecule has 4 amide bonds. The predicted molar refractivity (Wildman–Crippen MR) is 97.7 cm³/mol. The van der Waals surface area contributed by atoms with Gasteiger partial charge in [0.25, 0.3) is 11.8 Å². The van der Waals surface area contributed by atoms with Crippen molar-refractivity contribution in [2.24, 2.45) is 11.8 Å². The fraction of sp³-hybridized carbons (Fsp3) is 0.529. The Morgan fingerprint density at radius 2 is 1.85 bits per heavy atom. The van der Waals surface area contributed by atoms with E-state index in [1.807, 2.05) is 13.8 Å². The van der Waals surface area contributed by atoms with Crippen molar-refractivity contribution >= 4 is 35.2 Å². The van der Waals surface area contributed by atoms with Gasteiger partial charge in [0.2, 0.25) is 0 Å². The number of rotatable bonds is 8. The third-order valence-corrected chi connectivity index (χ3v) is 4.09. The second-order valence-electron chi connectivity index (χ2n) is 6.43. The molecule has 0 saturated heterocycles. The van der Waals surface area contributed by atoms with Crippen LogP contribution in [0.3, 0.4) is 0 Å². The van der Waals surface area contributed by atoms with Crippen molar-refractivity contribution in [3.63, 3.8) is 0 Å². The van der Waals surface area contributed by atoms with Crippen LogP contribution in [-0.2, 0) is 14.3 Å². The first-order valence-electron chi connectivity index (χ1n) is 8.29. The van der Waals surface area contributed by atoms with Gasteiger partial charge in [0.05, 0.1) is 4.88 Å². The van der Waals surface area contributed by atoms with Crippen molar-refractivity contribution in [2.45, 2.75) is 33.7 Å². The molecule has 8 nitrogen and oxygen atoms in total. The van der Waals surface area contributed by atoms with Crippen LogP contribution in [0.2, 0.25) is 0 Å². The Morgan fingerprint density at radius 3 is 2.38 bits per heavy atom. The van der Waals surface area contributed by atoms with E-state index >= 15 is 0 Å². The Kier molecular flexibility index (Phi) is 8.77. The van der Waals surface area contributed by atoms with Gasteiger partial charge >= 0.3 is 12.0 Å². The van der Waals surface area contributed by atoms with Gasteiger partial charge in [-0.2, -0.15) is 0 Å². The maximum atomic E-state index is 12.2. The largest absolute Gasteiger partial charge is 0.454 e. The minimum absolute atomic E-state index is 0.233. The molecule has 3 N–H and O–H groups in total. The lowest BCUT2D eigenvalue weighted by Gasteiger charge is -2.20. The Morgan fingerprint density at radius 1 is 1.15 bits per heavy atom. The SMILES string of the molecule is CC(C)CNC(=O)NC(=O)COC(=O)[C@H](NC(=O)c1cccs1)C(C)C. The number of nitrogens with one attached hydrogen (secondary N) is 3. The fourth-order valence-electron chi connectivity index (χ4n) is 1.85. The number of hydrogen-bond acceptors (Lipinski definition) is 6. The van der Waals surface area contributed by atoms with Crippen molar-refractivity contribution in [3.05, 3.63) is 22.4 Å². The minimum atomic E-state index is -0.896. The zero-order chi connectivity index (χ0) is 19.7. The maximum Gasteiger partial charge on any atom is 0.329 e. The van der Waals surface area contributed by atoms with Crippen LogP contribution in [0.15, 0.2) is 17.5 Å². The number of thiophene rings is 1. The molecule has 9 heteroatoms. The van der Waals surface area contributed by atoms with Crippen LogP contribution in [-0.4, -0.2) is 43.0 Å². The molecule has 1 aromatic rings. The normalized spacial score (nSPS) is 11.8. The summed E-state index contributed by atoms with van der Waals surface area (Å²) >= 11 is 1.26. The summed E-state index contributed by atoms with van der Waals surface area (Å²) in [5, 5.41) is 8.94. The highest BCUT2D eigenvalue weighted by atomic mass is 32.1. The first-order chi connectivity index (χ1) is 12.2. The molecule has 0 unspecified atom stereocenters. The van der Waals surface area contributed by atoms with E-state index in [-0.39, 0.29) is 17.7 Å². The van der Waals surface area contributed by atoms with E-state index in [2.05, 4.69) is 16.0 Å². The number of ether oxygens (including phenoxy) is 1. The van der Waals surface area contributed by atoms with E-state index in [9.17, 15) is 19.2 Å². The molecule has 1 heterocycles. The lowest BCUT2D eigenvalue weighted by atomic mass is 10.0. The van der Waals surface area contributed by atoms with Gasteiger partial charge in [-0.05, 0) is 23.3 Å². The van der Waals surface area contributed by atoms with Crippen LogP contribution in [0.25, 0.3) is 0 Å². The van der Waals surface area contributed by atoms with Gasteiger partial charge in [-0.25, -0.2) is 9.59 Å². The second kappa shape index (κ2) is 10.5. The van der Waals surface area contributed by atoms with Gasteiger partial charge in [-0.3, -0.25) is 14.9 Å². The Balaban J connectivity index is 2.48.